The number of rotatable bonds is 6. The monoisotopic (exact) mass is 332 g/mol. The van der Waals surface area contributed by atoms with Gasteiger partial charge in [-0.05, 0) is 23.8 Å². The van der Waals surface area contributed by atoms with Gasteiger partial charge in [0.25, 0.3) is 0 Å². The smallest absolute Gasteiger partial charge is 0.129 e. The van der Waals surface area contributed by atoms with Gasteiger partial charge in [-0.15, -0.1) is 0 Å². The molecular formula is C18H18ClFN2O. The number of aliphatic hydroxyl groups is 1. The molecule has 120 valence electrons. The maximum atomic E-state index is 14.1. The molecule has 1 aromatic heterocycles. The molecule has 0 aliphatic carbocycles. The molecular weight excluding hydrogens is 315 g/mol. The molecule has 0 aliphatic heterocycles. The van der Waals surface area contributed by atoms with Gasteiger partial charge in [-0.1, -0.05) is 35.9 Å². The van der Waals surface area contributed by atoms with Gasteiger partial charge in [0.15, 0.2) is 0 Å². The largest absolute Gasteiger partial charge is 0.395 e. The van der Waals surface area contributed by atoms with Gasteiger partial charge in [0.1, 0.15) is 5.82 Å². The van der Waals surface area contributed by atoms with E-state index in [1.54, 1.807) is 12.1 Å². The third-order valence-corrected chi connectivity index (χ3v) is 4.22. The fourth-order valence-electron chi connectivity index (χ4n) is 2.75. The summed E-state index contributed by atoms with van der Waals surface area (Å²) in [5.41, 5.74) is 2.64. The number of aromatic nitrogens is 1. The normalized spacial score (nSPS) is 11.3. The SMILES string of the molecule is OCCNCc1cn(Cc2c(F)cccc2Cl)c2ccccc12. The van der Waals surface area contributed by atoms with Crippen LogP contribution in [-0.4, -0.2) is 22.8 Å². The van der Waals surface area contributed by atoms with Crippen molar-refractivity contribution in [1.82, 2.24) is 9.88 Å². The maximum absolute atomic E-state index is 14.1. The number of nitrogens with one attached hydrogen (secondary N) is 1. The molecule has 0 saturated heterocycles. The van der Waals surface area contributed by atoms with Gasteiger partial charge in [0.05, 0.1) is 13.2 Å². The van der Waals surface area contributed by atoms with Gasteiger partial charge in [-0.25, -0.2) is 4.39 Å². The van der Waals surface area contributed by atoms with Crippen LogP contribution in [0.5, 0.6) is 0 Å². The number of hydrogen-bond acceptors (Lipinski definition) is 2. The fraction of sp³-hybridized carbons (Fsp3) is 0.222. The molecule has 3 rings (SSSR count). The molecule has 23 heavy (non-hydrogen) atoms. The molecule has 0 spiro atoms. The topological polar surface area (TPSA) is 37.2 Å². The summed E-state index contributed by atoms with van der Waals surface area (Å²) < 4.78 is 16.1. The van der Waals surface area contributed by atoms with Crippen LogP contribution in [-0.2, 0) is 13.1 Å². The highest BCUT2D eigenvalue weighted by atomic mass is 35.5. The summed E-state index contributed by atoms with van der Waals surface area (Å²) in [5, 5.41) is 13.6. The van der Waals surface area contributed by atoms with Crippen LogP contribution < -0.4 is 5.32 Å². The predicted molar refractivity (Wildman–Crippen MR) is 91.2 cm³/mol. The van der Waals surface area contributed by atoms with Crippen LogP contribution in [0.4, 0.5) is 4.39 Å². The second kappa shape index (κ2) is 7.13. The average molecular weight is 333 g/mol. The van der Waals surface area contributed by atoms with E-state index in [1.807, 2.05) is 35.0 Å². The van der Waals surface area contributed by atoms with E-state index in [9.17, 15) is 4.39 Å². The summed E-state index contributed by atoms with van der Waals surface area (Å²) in [7, 11) is 0. The number of hydrogen-bond donors (Lipinski definition) is 2. The van der Waals surface area contributed by atoms with Crippen LogP contribution in [0, 0.1) is 5.82 Å². The van der Waals surface area contributed by atoms with Gasteiger partial charge < -0.3 is 15.0 Å². The first-order valence-electron chi connectivity index (χ1n) is 7.52. The second-order valence-electron chi connectivity index (χ2n) is 5.40. The minimum absolute atomic E-state index is 0.101. The Kier molecular flexibility index (Phi) is 4.96. The number of fused-ring (bicyclic) bond motifs is 1. The van der Waals surface area contributed by atoms with E-state index in [-0.39, 0.29) is 12.4 Å². The molecule has 0 fully saturated rings. The molecule has 0 saturated carbocycles. The van der Waals surface area contributed by atoms with Gasteiger partial charge in [0.2, 0.25) is 0 Å². The zero-order valence-corrected chi connectivity index (χ0v) is 13.4. The van der Waals surface area contributed by atoms with Crippen LogP contribution in [0.1, 0.15) is 11.1 Å². The second-order valence-corrected chi connectivity index (χ2v) is 5.81. The van der Waals surface area contributed by atoms with Crippen LogP contribution in [0.25, 0.3) is 10.9 Å². The first-order valence-corrected chi connectivity index (χ1v) is 7.89. The van der Waals surface area contributed by atoms with Crippen LogP contribution in [0.2, 0.25) is 5.02 Å². The molecule has 0 unspecified atom stereocenters. The molecule has 0 bridgehead atoms. The van der Waals surface area contributed by atoms with Gasteiger partial charge in [0, 0.05) is 40.8 Å². The molecule has 2 aromatic carbocycles. The standard InChI is InChI=1S/C18H18ClFN2O/c19-16-5-3-6-17(20)15(16)12-22-11-13(10-21-8-9-23)14-4-1-2-7-18(14)22/h1-7,11,21,23H,8-10,12H2. The zero-order valence-electron chi connectivity index (χ0n) is 12.6. The van der Waals surface area contributed by atoms with Crippen molar-refractivity contribution in [2.75, 3.05) is 13.2 Å². The van der Waals surface area contributed by atoms with Gasteiger partial charge in [-0.3, -0.25) is 0 Å². The lowest BCUT2D eigenvalue weighted by atomic mass is 10.2. The number of benzene rings is 2. The Hall–Kier alpha value is -1.88. The van der Waals surface area contributed by atoms with E-state index in [4.69, 9.17) is 16.7 Å². The first kappa shape index (κ1) is 16.0. The summed E-state index contributed by atoms with van der Waals surface area (Å²) in [6.45, 7) is 1.67. The van der Waals surface area contributed by atoms with Crippen molar-refractivity contribution >= 4 is 22.5 Å². The number of para-hydroxylation sites is 1. The summed E-state index contributed by atoms with van der Waals surface area (Å²) >= 11 is 6.15. The average Bonchev–Trinajstić information content (AvgIpc) is 2.90. The third-order valence-electron chi connectivity index (χ3n) is 3.87. The Morgan fingerprint density at radius 1 is 1.13 bits per heavy atom. The minimum Gasteiger partial charge on any atom is -0.395 e. The lowest BCUT2D eigenvalue weighted by Gasteiger charge is -2.08. The van der Waals surface area contributed by atoms with Crippen LogP contribution in [0.3, 0.4) is 0 Å². The summed E-state index contributed by atoms with van der Waals surface area (Å²) in [5.74, 6) is -0.296. The van der Waals surface area contributed by atoms with E-state index in [0.717, 1.165) is 16.5 Å². The molecule has 3 nitrogen and oxygen atoms in total. The van der Waals surface area contributed by atoms with Crippen LogP contribution in [0.15, 0.2) is 48.7 Å². The van der Waals surface area contributed by atoms with Gasteiger partial charge >= 0.3 is 0 Å². The van der Waals surface area contributed by atoms with E-state index in [0.29, 0.717) is 30.2 Å². The first-order chi connectivity index (χ1) is 11.2. The van der Waals surface area contributed by atoms with E-state index in [1.165, 1.54) is 6.07 Å². The van der Waals surface area contributed by atoms with Crippen molar-refractivity contribution in [3.8, 4) is 0 Å². The quantitative estimate of drug-likeness (QED) is 0.677. The predicted octanol–water partition coefficient (Wildman–Crippen LogP) is 3.56. The zero-order chi connectivity index (χ0) is 16.2. The highest BCUT2D eigenvalue weighted by Gasteiger charge is 2.12. The van der Waals surface area contributed by atoms with Crippen molar-refractivity contribution in [3.05, 3.63) is 70.6 Å². The molecule has 5 heteroatoms. The molecule has 1 heterocycles. The molecule has 0 aliphatic rings. The molecule has 2 N–H and O–H groups in total. The Morgan fingerprint density at radius 3 is 2.74 bits per heavy atom. The van der Waals surface area contributed by atoms with E-state index < -0.39 is 0 Å². The summed E-state index contributed by atoms with van der Waals surface area (Å²) in [6, 6.07) is 12.8. The summed E-state index contributed by atoms with van der Waals surface area (Å²) in [6.07, 6.45) is 2.01. The van der Waals surface area contributed by atoms with Crippen LogP contribution >= 0.6 is 11.6 Å². The Labute approximate surface area is 139 Å². The van der Waals surface area contributed by atoms with Gasteiger partial charge in [-0.2, -0.15) is 0 Å². The van der Waals surface area contributed by atoms with Crippen molar-refractivity contribution in [1.29, 1.82) is 0 Å². The lowest BCUT2D eigenvalue weighted by Crippen LogP contribution is -2.17. The number of aliphatic hydroxyl groups excluding tert-OH is 1. The number of halogens is 2. The minimum atomic E-state index is -0.296. The van der Waals surface area contributed by atoms with Crippen molar-refractivity contribution in [2.45, 2.75) is 13.1 Å². The van der Waals surface area contributed by atoms with E-state index >= 15 is 0 Å². The van der Waals surface area contributed by atoms with E-state index in [2.05, 4.69) is 5.32 Å². The van der Waals surface area contributed by atoms with Crippen molar-refractivity contribution in [3.63, 3.8) is 0 Å². The Bertz CT molecular complexity index is 796. The molecule has 3 aromatic rings. The maximum Gasteiger partial charge on any atom is 0.129 e. The lowest BCUT2D eigenvalue weighted by molar-refractivity contribution is 0.292. The Morgan fingerprint density at radius 2 is 1.96 bits per heavy atom. The number of nitrogens with zero attached hydrogens (tertiary/aromatic N) is 1. The highest BCUT2D eigenvalue weighted by Crippen LogP contribution is 2.25. The van der Waals surface area contributed by atoms with Crippen molar-refractivity contribution in [2.24, 2.45) is 0 Å². The highest BCUT2D eigenvalue weighted by molar-refractivity contribution is 6.31. The molecule has 0 radical (unpaired) electrons. The summed E-state index contributed by atoms with van der Waals surface area (Å²) in [4.78, 5) is 0. The molecule has 0 amide bonds. The molecule has 0 atom stereocenters. The third kappa shape index (κ3) is 3.39. The Balaban J connectivity index is 1.97. The van der Waals surface area contributed by atoms with Crippen molar-refractivity contribution < 1.29 is 9.50 Å². The fourth-order valence-corrected chi connectivity index (χ4v) is 2.97.